The number of aryl methyl sites for hydroxylation is 1. The maximum Gasteiger partial charge on any atom is 0.227 e. The van der Waals surface area contributed by atoms with E-state index in [-0.39, 0.29) is 24.4 Å². The van der Waals surface area contributed by atoms with Gasteiger partial charge in [-0.05, 0) is 30.4 Å². The molecule has 1 aromatic carbocycles. The van der Waals surface area contributed by atoms with Gasteiger partial charge in [0, 0.05) is 19.1 Å². The van der Waals surface area contributed by atoms with Crippen molar-refractivity contribution < 1.29 is 4.79 Å². The van der Waals surface area contributed by atoms with Crippen molar-refractivity contribution in [2.45, 2.75) is 32.7 Å². The van der Waals surface area contributed by atoms with Crippen molar-refractivity contribution in [1.82, 2.24) is 4.90 Å². The molecule has 3 nitrogen and oxygen atoms in total. The molecule has 1 aliphatic heterocycles. The second-order valence-corrected chi connectivity index (χ2v) is 5.37. The Balaban J connectivity index is 0.00000180. The number of carbonyl (C=O) groups is 1. The molecule has 19 heavy (non-hydrogen) atoms. The Kier molecular flexibility index (Phi) is 5.83. The fourth-order valence-corrected chi connectivity index (χ4v) is 2.47. The number of nitrogens with zero attached hydrogens (tertiary/aromatic N) is 1. The van der Waals surface area contributed by atoms with Gasteiger partial charge >= 0.3 is 0 Å². The van der Waals surface area contributed by atoms with Crippen LogP contribution in [0.2, 0.25) is 0 Å². The minimum absolute atomic E-state index is 0. The molecule has 1 aliphatic rings. The van der Waals surface area contributed by atoms with Gasteiger partial charge in [0.2, 0.25) is 5.91 Å². The average molecular weight is 283 g/mol. The van der Waals surface area contributed by atoms with Crippen molar-refractivity contribution in [3.05, 3.63) is 35.4 Å². The summed E-state index contributed by atoms with van der Waals surface area (Å²) in [6, 6.07) is 8.33. The van der Waals surface area contributed by atoms with Crippen LogP contribution in [0.3, 0.4) is 0 Å². The Morgan fingerprint density at radius 1 is 1.42 bits per heavy atom. The van der Waals surface area contributed by atoms with E-state index in [1.54, 1.807) is 0 Å². The number of nitrogens with two attached hydrogens (primary N) is 1. The molecule has 2 atom stereocenters. The average Bonchev–Trinajstić information content (AvgIpc) is 2.35. The molecule has 2 unspecified atom stereocenters. The van der Waals surface area contributed by atoms with Gasteiger partial charge in [-0.3, -0.25) is 4.79 Å². The van der Waals surface area contributed by atoms with Crippen LogP contribution in [0, 0.1) is 12.8 Å². The standard InChI is InChI=1S/C15H22N2O.ClH/c1-11-5-3-4-6-13(11)9-15(18)17-8-7-14(16)12(2)10-17;/h3-6,12,14H,7-10,16H2,1-2H3;1H. The van der Waals surface area contributed by atoms with Gasteiger partial charge < -0.3 is 10.6 Å². The molecule has 0 saturated carbocycles. The maximum atomic E-state index is 12.3. The first-order valence-electron chi connectivity index (χ1n) is 6.66. The minimum atomic E-state index is 0. The third-order valence-electron chi connectivity index (χ3n) is 3.93. The Labute approximate surface area is 121 Å². The fourth-order valence-electron chi connectivity index (χ4n) is 2.47. The molecule has 0 bridgehead atoms. The highest BCUT2D eigenvalue weighted by atomic mass is 35.5. The van der Waals surface area contributed by atoms with Gasteiger partial charge in [-0.25, -0.2) is 0 Å². The summed E-state index contributed by atoms with van der Waals surface area (Å²) in [6.45, 7) is 5.78. The number of carbonyl (C=O) groups excluding carboxylic acids is 1. The molecule has 4 heteroatoms. The van der Waals surface area contributed by atoms with E-state index in [1.807, 2.05) is 23.1 Å². The maximum absolute atomic E-state index is 12.3. The van der Waals surface area contributed by atoms with E-state index < -0.39 is 0 Å². The lowest BCUT2D eigenvalue weighted by Crippen LogP contribution is -2.48. The summed E-state index contributed by atoms with van der Waals surface area (Å²) in [5, 5.41) is 0. The zero-order valence-electron chi connectivity index (χ0n) is 11.6. The normalized spacial score (nSPS) is 22.8. The van der Waals surface area contributed by atoms with Gasteiger partial charge in [0.15, 0.2) is 0 Å². The predicted molar refractivity (Wildman–Crippen MR) is 80.5 cm³/mol. The summed E-state index contributed by atoms with van der Waals surface area (Å²) >= 11 is 0. The smallest absolute Gasteiger partial charge is 0.227 e. The molecule has 1 saturated heterocycles. The molecule has 1 heterocycles. The van der Waals surface area contributed by atoms with Crippen LogP contribution in [0.5, 0.6) is 0 Å². The van der Waals surface area contributed by atoms with Crippen LogP contribution in [0.15, 0.2) is 24.3 Å². The highest BCUT2D eigenvalue weighted by molar-refractivity contribution is 5.85. The van der Waals surface area contributed by atoms with E-state index in [0.29, 0.717) is 12.3 Å². The number of hydrogen-bond acceptors (Lipinski definition) is 2. The first kappa shape index (κ1) is 16.0. The number of halogens is 1. The molecule has 2 rings (SSSR count). The number of rotatable bonds is 2. The highest BCUT2D eigenvalue weighted by Crippen LogP contribution is 2.17. The number of hydrogen-bond donors (Lipinski definition) is 1. The lowest BCUT2D eigenvalue weighted by atomic mass is 9.94. The van der Waals surface area contributed by atoms with E-state index >= 15 is 0 Å². The van der Waals surface area contributed by atoms with Crippen molar-refractivity contribution in [2.75, 3.05) is 13.1 Å². The molecule has 2 N–H and O–H groups in total. The second-order valence-electron chi connectivity index (χ2n) is 5.37. The van der Waals surface area contributed by atoms with Crippen LogP contribution in [-0.2, 0) is 11.2 Å². The quantitative estimate of drug-likeness (QED) is 0.903. The summed E-state index contributed by atoms with van der Waals surface area (Å²) in [5.74, 6) is 0.627. The molecule has 0 radical (unpaired) electrons. The van der Waals surface area contributed by atoms with Gasteiger partial charge in [0.05, 0.1) is 6.42 Å². The van der Waals surface area contributed by atoms with E-state index in [0.717, 1.165) is 25.1 Å². The lowest BCUT2D eigenvalue weighted by Gasteiger charge is -2.35. The third-order valence-corrected chi connectivity index (χ3v) is 3.93. The topological polar surface area (TPSA) is 46.3 Å². The minimum Gasteiger partial charge on any atom is -0.342 e. The fraction of sp³-hybridized carbons (Fsp3) is 0.533. The summed E-state index contributed by atoms with van der Waals surface area (Å²) in [6.07, 6.45) is 1.43. The zero-order chi connectivity index (χ0) is 13.1. The summed E-state index contributed by atoms with van der Waals surface area (Å²) in [5.41, 5.74) is 8.30. The van der Waals surface area contributed by atoms with Crippen molar-refractivity contribution >= 4 is 18.3 Å². The molecule has 1 amide bonds. The Morgan fingerprint density at radius 2 is 2.11 bits per heavy atom. The monoisotopic (exact) mass is 282 g/mol. The Morgan fingerprint density at radius 3 is 2.74 bits per heavy atom. The molecule has 1 fully saturated rings. The van der Waals surface area contributed by atoms with Crippen molar-refractivity contribution in [2.24, 2.45) is 11.7 Å². The molecule has 106 valence electrons. The number of benzene rings is 1. The highest BCUT2D eigenvalue weighted by Gasteiger charge is 2.26. The van der Waals surface area contributed by atoms with Gasteiger partial charge in [0.25, 0.3) is 0 Å². The molecule has 0 aromatic heterocycles. The lowest BCUT2D eigenvalue weighted by molar-refractivity contribution is -0.132. The van der Waals surface area contributed by atoms with Crippen LogP contribution in [0.25, 0.3) is 0 Å². The van der Waals surface area contributed by atoms with Crippen LogP contribution in [0.1, 0.15) is 24.5 Å². The third kappa shape index (κ3) is 3.95. The van der Waals surface area contributed by atoms with Gasteiger partial charge in [-0.15, -0.1) is 12.4 Å². The van der Waals surface area contributed by atoms with E-state index in [1.165, 1.54) is 5.56 Å². The van der Waals surface area contributed by atoms with Crippen molar-refractivity contribution in [3.63, 3.8) is 0 Å². The largest absolute Gasteiger partial charge is 0.342 e. The first-order chi connectivity index (χ1) is 8.58. The molecule has 1 aromatic rings. The van der Waals surface area contributed by atoms with Gasteiger partial charge in [-0.1, -0.05) is 31.2 Å². The predicted octanol–water partition coefficient (Wildman–Crippen LogP) is 2.16. The van der Waals surface area contributed by atoms with E-state index in [4.69, 9.17) is 5.73 Å². The SMILES string of the molecule is Cc1ccccc1CC(=O)N1CCC(N)C(C)C1.Cl. The summed E-state index contributed by atoms with van der Waals surface area (Å²) in [7, 11) is 0. The number of piperidine rings is 1. The Bertz CT molecular complexity index is 436. The number of likely N-dealkylation sites (tertiary alicyclic amines) is 1. The summed E-state index contributed by atoms with van der Waals surface area (Å²) < 4.78 is 0. The van der Waals surface area contributed by atoms with Crippen LogP contribution in [0.4, 0.5) is 0 Å². The van der Waals surface area contributed by atoms with Crippen molar-refractivity contribution in [3.8, 4) is 0 Å². The van der Waals surface area contributed by atoms with Crippen LogP contribution in [-0.4, -0.2) is 29.9 Å². The van der Waals surface area contributed by atoms with Crippen LogP contribution >= 0.6 is 12.4 Å². The Hall–Kier alpha value is -1.06. The molecule has 0 spiro atoms. The zero-order valence-corrected chi connectivity index (χ0v) is 12.5. The van der Waals surface area contributed by atoms with Gasteiger partial charge in [0.1, 0.15) is 0 Å². The van der Waals surface area contributed by atoms with Gasteiger partial charge in [-0.2, -0.15) is 0 Å². The molecule has 0 aliphatic carbocycles. The first-order valence-corrected chi connectivity index (χ1v) is 6.66. The number of amides is 1. The molecular formula is C15H23ClN2O. The summed E-state index contributed by atoms with van der Waals surface area (Å²) in [4.78, 5) is 14.2. The second kappa shape index (κ2) is 6.92. The van der Waals surface area contributed by atoms with E-state index in [2.05, 4.69) is 19.9 Å². The van der Waals surface area contributed by atoms with E-state index in [9.17, 15) is 4.79 Å². The van der Waals surface area contributed by atoms with Crippen LogP contribution < -0.4 is 5.73 Å². The molecular weight excluding hydrogens is 260 g/mol. The van der Waals surface area contributed by atoms with Crippen molar-refractivity contribution in [1.29, 1.82) is 0 Å².